The SMILES string of the molecule is CCOc1ccc2[nH]cc(C(=O)NN)c(=O)c2c1. The molecule has 1 heterocycles. The van der Waals surface area contributed by atoms with E-state index >= 15 is 0 Å². The molecule has 2 rings (SSSR count). The Hall–Kier alpha value is -2.34. The van der Waals surface area contributed by atoms with Gasteiger partial charge in [-0.2, -0.15) is 0 Å². The summed E-state index contributed by atoms with van der Waals surface area (Å²) in [6, 6.07) is 5.08. The quantitative estimate of drug-likeness (QED) is 0.418. The molecular formula is C12H13N3O3. The Morgan fingerprint density at radius 1 is 1.50 bits per heavy atom. The van der Waals surface area contributed by atoms with Gasteiger partial charge in [0.15, 0.2) is 0 Å². The van der Waals surface area contributed by atoms with Crippen molar-refractivity contribution in [1.82, 2.24) is 10.4 Å². The monoisotopic (exact) mass is 247 g/mol. The molecule has 0 aliphatic heterocycles. The zero-order valence-corrected chi connectivity index (χ0v) is 9.82. The Bertz CT molecular complexity index is 649. The Labute approximate surface area is 103 Å². The second-order valence-electron chi connectivity index (χ2n) is 3.65. The van der Waals surface area contributed by atoms with Crippen LogP contribution in [-0.2, 0) is 0 Å². The first-order valence-corrected chi connectivity index (χ1v) is 5.46. The third-order valence-electron chi connectivity index (χ3n) is 2.54. The van der Waals surface area contributed by atoms with Gasteiger partial charge < -0.3 is 9.72 Å². The van der Waals surface area contributed by atoms with E-state index in [1.165, 1.54) is 6.20 Å². The zero-order valence-electron chi connectivity index (χ0n) is 9.82. The number of hydrogen-bond acceptors (Lipinski definition) is 4. The molecule has 0 saturated carbocycles. The van der Waals surface area contributed by atoms with Crippen LogP contribution in [0.3, 0.4) is 0 Å². The van der Waals surface area contributed by atoms with Gasteiger partial charge in [0, 0.05) is 17.1 Å². The summed E-state index contributed by atoms with van der Waals surface area (Å²) in [7, 11) is 0. The van der Waals surface area contributed by atoms with Gasteiger partial charge in [0.2, 0.25) is 5.43 Å². The summed E-state index contributed by atoms with van der Waals surface area (Å²) in [5, 5.41) is 0.391. The van der Waals surface area contributed by atoms with E-state index in [2.05, 4.69) is 4.98 Å². The van der Waals surface area contributed by atoms with Crippen LogP contribution in [0.4, 0.5) is 0 Å². The first kappa shape index (κ1) is 12.1. The van der Waals surface area contributed by atoms with Crippen LogP contribution in [0.1, 0.15) is 17.3 Å². The summed E-state index contributed by atoms with van der Waals surface area (Å²) in [6.45, 7) is 2.36. The number of aromatic amines is 1. The molecule has 94 valence electrons. The van der Waals surface area contributed by atoms with Crippen LogP contribution in [0.2, 0.25) is 0 Å². The Morgan fingerprint density at radius 3 is 2.94 bits per heavy atom. The molecule has 6 heteroatoms. The van der Waals surface area contributed by atoms with E-state index in [0.29, 0.717) is 23.3 Å². The maximum Gasteiger partial charge on any atom is 0.270 e. The molecule has 0 aliphatic rings. The minimum atomic E-state index is -0.625. The van der Waals surface area contributed by atoms with Gasteiger partial charge in [-0.25, -0.2) is 5.84 Å². The number of aromatic nitrogens is 1. The minimum Gasteiger partial charge on any atom is -0.494 e. The third kappa shape index (κ3) is 2.05. The topological polar surface area (TPSA) is 97.2 Å². The standard InChI is InChI=1S/C12H13N3O3/c1-2-18-7-3-4-10-8(5-7)11(16)9(6-14-10)12(17)15-13/h3-6H,2,13H2,1H3,(H,14,16)(H,15,17). The number of fused-ring (bicyclic) bond motifs is 1. The molecule has 18 heavy (non-hydrogen) atoms. The lowest BCUT2D eigenvalue weighted by atomic mass is 10.1. The smallest absolute Gasteiger partial charge is 0.270 e. The number of ether oxygens (including phenoxy) is 1. The number of nitrogens with one attached hydrogen (secondary N) is 2. The fourth-order valence-corrected chi connectivity index (χ4v) is 1.70. The van der Waals surface area contributed by atoms with Gasteiger partial charge in [0.05, 0.1) is 6.61 Å². The van der Waals surface area contributed by atoms with Crippen LogP contribution < -0.4 is 21.4 Å². The number of rotatable bonds is 3. The Balaban J connectivity index is 2.64. The molecule has 1 aromatic heterocycles. The summed E-state index contributed by atoms with van der Waals surface area (Å²) < 4.78 is 5.32. The number of carbonyl (C=O) groups is 1. The molecule has 6 nitrogen and oxygen atoms in total. The average Bonchev–Trinajstić information content (AvgIpc) is 2.39. The third-order valence-corrected chi connectivity index (χ3v) is 2.54. The fraction of sp³-hybridized carbons (Fsp3) is 0.167. The first-order chi connectivity index (χ1) is 8.67. The summed E-state index contributed by atoms with van der Waals surface area (Å²) in [4.78, 5) is 26.4. The van der Waals surface area contributed by atoms with Crippen molar-refractivity contribution in [2.45, 2.75) is 6.92 Å². The molecule has 0 aliphatic carbocycles. The van der Waals surface area contributed by atoms with Gasteiger partial charge in [-0.1, -0.05) is 0 Å². The lowest BCUT2D eigenvalue weighted by molar-refractivity contribution is 0.0952. The minimum absolute atomic E-state index is 0.0290. The molecule has 2 aromatic rings. The van der Waals surface area contributed by atoms with Crippen LogP contribution in [-0.4, -0.2) is 17.5 Å². The molecule has 4 N–H and O–H groups in total. The lowest BCUT2D eigenvalue weighted by Crippen LogP contribution is -2.33. The molecule has 0 radical (unpaired) electrons. The first-order valence-electron chi connectivity index (χ1n) is 5.46. The zero-order chi connectivity index (χ0) is 13.1. The molecule has 1 aromatic carbocycles. The van der Waals surface area contributed by atoms with Crippen LogP contribution in [0.15, 0.2) is 29.2 Å². The number of pyridine rings is 1. The van der Waals surface area contributed by atoms with E-state index in [0.717, 1.165) is 0 Å². The van der Waals surface area contributed by atoms with Crippen molar-refractivity contribution in [1.29, 1.82) is 0 Å². The highest BCUT2D eigenvalue weighted by Crippen LogP contribution is 2.17. The van der Waals surface area contributed by atoms with Gasteiger partial charge >= 0.3 is 0 Å². The summed E-state index contributed by atoms with van der Waals surface area (Å²) in [5.74, 6) is 4.98. The number of hydrazine groups is 1. The number of benzene rings is 1. The molecular weight excluding hydrogens is 234 g/mol. The van der Waals surface area contributed by atoms with Crippen molar-refractivity contribution in [3.8, 4) is 5.75 Å². The predicted molar refractivity (Wildman–Crippen MR) is 67.4 cm³/mol. The number of nitrogens with two attached hydrogens (primary N) is 1. The maximum absolute atomic E-state index is 12.1. The van der Waals surface area contributed by atoms with Crippen LogP contribution in [0, 0.1) is 0 Å². The highest BCUT2D eigenvalue weighted by molar-refractivity contribution is 5.96. The highest BCUT2D eigenvalue weighted by atomic mass is 16.5. The molecule has 0 atom stereocenters. The van der Waals surface area contributed by atoms with E-state index in [1.54, 1.807) is 18.2 Å². The molecule has 0 bridgehead atoms. The van der Waals surface area contributed by atoms with Gasteiger partial charge in [-0.15, -0.1) is 0 Å². The normalized spacial score (nSPS) is 10.3. The molecule has 0 fully saturated rings. The number of nitrogen functional groups attached to an aromatic ring is 1. The summed E-state index contributed by atoms with van der Waals surface area (Å²) in [5.41, 5.74) is 2.16. The van der Waals surface area contributed by atoms with Crippen molar-refractivity contribution in [3.63, 3.8) is 0 Å². The van der Waals surface area contributed by atoms with Crippen LogP contribution in [0.5, 0.6) is 5.75 Å². The Kier molecular flexibility index (Phi) is 3.29. The van der Waals surface area contributed by atoms with E-state index in [-0.39, 0.29) is 11.0 Å². The second-order valence-corrected chi connectivity index (χ2v) is 3.65. The van der Waals surface area contributed by atoms with E-state index in [4.69, 9.17) is 10.6 Å². The number of amides is 1. The fourth-order valence-electron chi connectivity index (χ4n) is 1.70. The van der Waals surface area contributed by atoms with Crippen molar-refractivity contribution in [2.24, 2.45) is 5.84 Å². The van der Waals surface area contributed by atoms with Crippen molar-refractivity contribution < 1.29 is 9.53 Å². The van der Waals surface area contributed by atoms with Gasteiger partial charge in [-0.3, -0.25) is 15.0 Å². The second kappa shape index (κ2) is 4.89. The van der Waals surface area contributed by atoms with Crippen LogP contribution >= 0.6 is 0 Å². The number of H-pyrrole nitrogens is 1. The highest BCUT2D eigenvalue weighted by Gasteiger charge is 2.12. The molecule has 1 amide bonds. The Morgan fingerprint density at radius 2 is 2.28 bits per heavy atom. The summed E-state index contributed by atoms with van der Waals surface area (Å²) in [6.07, 6.45) is 1.34. The van der Waals surface area contributed by atoms with Crippen molar-refractivity contribution in [2.75, 3.05) is 6.61 Å². The largest absolute Gasteiger partial charge is 0.494 e. The lowest BCUT2D eigenvalue weighted by Gasteiger charge is -2.05. The van der Waals surface area contributed by atoms with Gasteiger partial charge in [0.25, 0.3) is 5.91 Å². The molecule has 0 unspecified atom stereocenters. The predicted octanol–water partition coefficient (Wildman–Crippen LogP) is 0.530. The van der Waals surface area contributed by atoms with E-state index < -0.39 is 5.91 Å². The molecule has 0 spiro atoms. The van der Waals surface area contributed by atoms with Gasteiger partial charge in [0.1, 0.15) is 11.3 Å². The molecule has 0 saturated heterocycles. The van der Waals surface area contributed by atoms with E-state index in [1.807, 2.05) is 12.3 Å². The van der Waals surface area contributed by atoms with Crippen molar-refractivity contribution >= 4 is 16.8 Å². The maximum atomic E-state index is 12.1. The average molecular weight is 247 g/mol. The van der Waals surface area contributed by atoms with Crippen LogP contribution in [0.25, 0.3) is 10.9 Å². The van der Waals surface area contributed by atoms with E-state index in [9.17, 15) is 9.59 Å². The number of carbonyl (C=O) groups excluding carboxylic acids is 1. The van der Waals surface area contributed by atoms with Gasteiger partial charge in [-0.05, 0) is 25.1 Å². The summed E-state index contributed by atoms with van der Waals surface area (Å²) >= 11 is 0. The number of hydrogen-bond donors (Lipinski definition) is 3. The van der Waals surface area contributed by atoms with Crippen molar-refractivity contribution in [3.05, 3.63) is 40.2 Å².